The van der Waals surface area contributed by atoms with Gasteiger partial charge >= 0.3 is 0 Å². The van der Waals surface area contributed by atoms with E-state index in [1.54, 1.807) is 18.2 Å². The van der Waals surface area contributed by atoms with Crippen LogP contribution in [0.1, 0.15) is 5.56 Å². The number of aliphatic hydroxyl groups is 5. The van der Waals surface area contributed by atoms with E-state index < -0.39 is 37.3 Å². The van der Waals surface area contributed by atoms with Crippen LogP contribution < -0.4 is 9.47 Å². The second kappa shape index (κ2) is 7.91. The van der Waals surface area contributed by atoms with Crippen LogP contribution in [0.3, 0.4) is 0 Å². The molecule has 0 radical (unpaired) electrons. The Hall–Kier alpha value is -1.42. The highest BCUT2D eigenvalue weighted by Gasteiger charge is 2.44. The van der Waals surface area contributed by atoms with Gasteiger partial charge in [-0.1, -0.05) is 6.07 Å². The highest BCUT2D eigenvalue weighted by Crippen LogP contribution is 2.32. The van der Waals surface area contributed by atoms with Crippen molar-refractivity contribution in [3.63, 3.8) is 0 Å². The number of methoxy groups -OCH3 is 1. The summed E-state index contributed by atoms with van der Waals surface area (Å²) in [5, 5.41) is 47.6. The van der Waals surface area contributed by atoms with Crippen molar-refractivity contribution in [2.45, 2.75) is 37.1 Å². The molecule has 1 aliphatic rings. The molecule has 1 aliphatic heterocycles. The molecule has 0 bridgehead atoms. The Morgan fingerprint density at radius 2 is 1.78 bits per heavy atom. The quantitative estimate of drug-likeness (QED) is 0.422. The highest BCUT2D eigenvalue weighted by atomic mass is 16.7. The molecule has 0 saturated carbocycles. The van der Waals surface area contributed by atoms with Gasteiger partial charge in [0.05, 0.1) is 13.7 Å². The predicted octanol–water partition coefficient (Wildman–Crippen LogP) is -1.59. The lowest BCUT2D eigenvalue weighted by molar-refractivity contribution is -0.277. The van der Waals surface area contributed by atoms with E-state index in [1.165, 1.54) is 7.11 Å². The van der Waals surface area contributed by atoms with E-state index in [1.807, 2.05) is 0 Å². The predicted molar refractivity (Wildman–Crippen MR) is 78.2 cm³/mol. The van der Waals surface area contributed by atoms with Crippen LogP contribution in [0.2, 0.25) is 0 Å². The fourth-order valence-corrected chi connectivity index (χ4v) is 2.38. The zero-order chi connectivity index (χ0) is 17.0. The van der Waals surface area contributed by atoms with Gasteiger partial charge in [-0.25, -0.2) is 0 Å². The lowest BCUT2D eigenvalue weighted by atomic mass is 9.99. The summed E-state index contributed by atoms with van der Waals surface area (Å²) in [4.78, 5) is 0. The summed E-state index contributed by atoms with van der Waals surface area (Å²) in [6.45, 7) is -0.534. The van der Waals surface area contributed by atoms with Gasteiger partial charge in [0.1, 0.15) is 24.4 Å². The van der Waals surface area contributed by atoms with Crippen LogP contribution in [0.15, 0.2) is 18.2 Å². The number of benzene rings is 1. The van der Waals surface area contributed by atoms with Gasteiger partial charge in [-0.05, 0) is 24.1 Å². The Bertz CT molecular complexity index is 506. The molecular formula is C15H22O8. The summed E-state index contributed by atoms with van der Waals surface area (Å²) in [5.41, 5.74) is 0.838. The van der Waals surface area contributed by atoms with Gasteiger partial charge in [0, 0.05) is 6.61 Å². The zero-order valence-corrected chi connectivity index (χ0v) is 12.7. The minimum absolute atomic E-state index is 0.00390. The van der Waals surface area contributed by atoms with Crippen LogP contribution in [0.4, 0.5) is 0 Å². The third kappa shape index (κ3) is 3.92. The van der Waals surface area contributed by atoms with Gasteiger partial charge in [0.25, 0.3) is 0 Å². The van der Waals surface area contributed by atoms with Crippen LogP contribution in [-0.4, -0.2) is 76.6 Å². The number of hydrogen-bond donors (Lipinski definition) is 5. The Labute approximate surface area is 133 Å². The topological polar surface area (TPSA) is 129 Å². The fraction of sp³-hybridized carbons (Fsp3) is 0.600. The molecule has 1 heterocycles. The number of ether oxygens (including phenoxy) is 3. The van der Waals surface area contributed by atoms with E-state index in [0.717, 1.165) is 5.56 Å². The number of aliphatic hydroxyl groups excluding tert-OH is 5. The molecule has 2 rings (SSSR count). The molecule has 1 saturated heterocycles. The zero-order valence-electron chi connectivity index (χ0n) is 12.7. The van der Waals surface area contributed by atoms with Gasteiger partial charge in [-0.15, -0.1) is 0 Å². The first-order chi connectivity index (χ1) is 11.0. The lowest BCUT2D eigenvalue weighted by Crippen LogP contribution is -2.60. The number of hydrogen-bond acceptors (Lipinski definition) is 8. The van der Waals surface area contributed by atoms with Gasteiger partial charge in [-0.2, -0.15) is 0 Å². The average molecular weight is 330 g/mol. The van der Waals surface area contributed by atoms with Gasteiger partial charge in [-0.3, -0.25) is 0 Å². The maximum atomic E-state index is 9.97. The highest BCUT2D eigenvalue weighted by molar-refractivity contribution is 5.43. The second-order valence-electron chi connectivity index (χ2n) is 5.27. The molecule has 0 spiro atoms. The minimum Gasteiger partial charge on any atom is -0.493 e. The van der Waals surface area contributed by atoms with Gasteiger partial charge in [0.15, 0.2) is 11.5 Å². The maximum absolute atomic E-state index is 9.97. The summed E-state index contributed by atoms with van der Waals surface area (Å²) in [6.07, 6.45) is -6.30. The van der Waals surface area contributed by atoms with Crippen LogP contribution in [0.25, 0.3) is 0 Å². The Kier molecular flexibility index (Phi) is 6.17. The van der Waals surface area contributed by atoms with Crippen LogP contribution in [0, 0.1) is 0 Å². The Morgan fingerprint density at radius 1 is 1.04 bits per heavy atom. The van der Waals surface area contributed by atoms with Crippen LogP contribution >= 0.6 is 0 Å². The first-order valence-electron chi connectivity index (χ1n) is 7.26. The largest absolute Gasteiger partial charge is 0.493 e. The summed E-state index contributed by atoms with van der Waals surface area (Å²) >= 11 is 0. The average Bonchev–Trinajstić information content (AvgIpc) is 2.56. The number of rotatable bonds is 6. The van der Waals surface area contributed by atoms with Crippen LogP contribution in [-0.2, 0) is 11.2 Å². The van der Waals surface area contributed by atoms with E-state index in [0.29, 0.717) is 12.2 Å². The van der Waals surface area contributed by atoms with Crippen molar-refractivity contribution in [3.8, 4) is 11.5 Å². The Morgan fingerprint density at radius 3 is 2.39 bits per heavy atom. The molecule has 1 fully saturated rings. The van der Waals surface area contributed by atoms with Gasteiger partial charge < -0.3 is 39.7 Å². The summed E-state index contributed by atoms with van der Waals surface area (Å²) < 4.78 is 16.0. The molecule has 23 heavy (non-hydrogen) atoms. The van der Waals surface area contributed by atoms with E-state index in [9.17, 15) is 15.3 Å². The van der Waals surface area contributed by atoms with Crippen molar-refractivity contribution in [2.24, 2.45) is 0 Å². The molecule has 1 aromatic rings. The smallest absolute Gasteiger partial charge is 0.229 e. The summed E-state index contributed by atoms with van der Waals surface area (Å²) in [7, 11) is 1.44. The molecule has 8 heteroatoms. The molecule has 5 atom stereocenters. The molecule has 1 aromatic carbocycles. The summed E-state index contributed by atoms with van der Waals surface area (Å²) in [6, 6.07) is 4.99. The molecule has 130 valence electrons. The fourth-order valence-electron chi connectivity index (χ4n) is 2.38. The van der Waals surface area contributed by atoms with Crippen molar-refractivity contribution in [2.75, 3.05) is 20.3 Å². The van der Waals surface area contributed by atoms with E-state index in [4.69, 9.17) is 24.4 Å². The van der Waals surface area contributed by atoms with Crippen molar-refractivity contribution in [3.05, 3.63) is 23.8 Å². The molecule has 1 unspecified atom stereocenters. The summed E-state index contributed by atoms with van der Waals surface area (Å²) in [5.74, 6) is 0.631. The van der Waals surface area contributed by atoms with Crippen LogP contribution in [0.5, 0.6) is 11.5 Å². The van der Waals surface area contributed by atoms with E-state index in [-0.39, 0.29) is 12.4 Å². The standard InChI is InChI=1S/C15H22O8/c1-21-10-6-8(4-5-16)2-3-9(10)22-15-14(20)13(19)12(18)11(7-17)23-15/h2-3,6,11-20H,4-5,7H2,1H3/t11-,12-,13+,14-,15?/m1/s1. The molecule has 5 N–H and O–H groups in total. The van der Waals surface area contributed by atoms with Gasteiger partial charge in [0.2, 0.25) is 6.29 Å². The monoisotopic (exact) mass is 330 g/mol. The maximum Gasteiger partial charge on any atom is 0.229 e. The third-order valence-electron chi connectivity index (χ3n) is 3.72. The molecule has 0 amide bonds. The normalized spacial score (nSPS) is 31.0. The lowest BCUT2D eigenvalue weighted by Gasteiger charge is -2.39. The van der Waals surface area contributed by atoms with E-state index in [2.05, 4.69) is 0 Å². The minimum atomic E-state index is -1.51. The molecule has 0 aliphatic carbocycles. The van der Waals surface area contributed by atoms with Crippen molar-refractivity contribution in [1.82, 2.24) is 0 Å². The van der Waals surface area contributed by atoms with Crippen molar-refractivity contribution < 1.29 is 39.7 Å². The SMILES string of the molecule is COc1cc(CCO)ccc1OC1O[C@H](CO)[C@@H](O)[C@H](O)[C@H]1O. The molecular weight excluding hydrogens is 308 g/mol. The third-order valence-corrected chi connectivity index (χ3v) is 3.72. The van der Waals surface area contributed by atoms with E-state index >= 15 is 0 Å². The first kappa shape index (κ1) is 17.9. The molecule has 0 aromatic heterocycles. The molecule has 8 nitrogen and oxygen atoms in total. The second-order valence-corrected chi connectivity index (χ2v) is 5.27. The Balaban J connectivity index is 2.17. The first-order valence-corrected chi connectivity index (χ1v) is 7.26. The van der Waals surface area contributed by atoms with Crippen molar-refractivity contribution in [1.29, 1.82) is 0 Å². The van der Waals surface area contributed by atoms with Crippen molar-refractivity contribution >= 4 is 0 Å².